The van der Waals surface area contributed by atoms with Crippen LogP contribution in [0.1, 0.15) is 34.3 Å². The number of benzene rings is 1. The van der Waals surface area contributed by atoms with E-state index in [4.69, 9.17) is 10.2 Å². The van der Waals surface area contributed by atoms with Crippen molar-refractivity contribution in [1.29, 1.82) is 0 Å². The van der Waals surface area contributed by atoms with E-state index in [1.54, 1.807) is 13.0 Å². The smallest absolute Gasteiger partial charge is 0.416 e. The highest BCUT2D eigenvalue weighted by molar-refractivity contribution is 5.30. The maximum absolute atomic E-state index is 12.6. The van der Waals surface area contributed by atoms with Crippen LogP contribution in [0.25, 0.3) is 0 Å². The molecule has 1 heterocycles. The molecular formula is C15H16F3NO. The molecule has 2 N–H and O–H groups in total. The molecular weight excluding hydrogens is 267 g/mol. The first-order valence-electron chi connectivity index (χ1n) is 6.26. The van der Waals surface area contributed by atoms with E-state index in [9.17, 15) is 13.2 Å². The van der Waals surface area contributed by atoms with Crippen LogP contribution in [0, 0.1) is 13.8 Å². The molecule has 1 aromatic carbocycles. The van der Waals surface area contributed by atoms with Crippen molar-refractivity contribution in [3.8, 4) is 0 Å². The van der Waals surface area contributed by atoms with E-state index in [1.807, 2.05) is 13.0 Å². The zero-order valence-corrected chi connectivity index (χ0v) is 11.3. The van der Waals surface area contributed by atoms with Crippen LogP contribution in [-0.4, -0.2) is 0 Å². The molecule has 1 aromatic heterocycles. The van der Waals surface area contributed by atoms with Gasteiger partial charge in [0, 0.05) is 11.6 Å². The molecule has 0 spiro atoms. The molecule has 20 heavy (non-hydrogen) atoms. The van der Waals surface area contributed by atoms with Gasteiger partial charge >= 0.3 is 6.18 Å². The van der Waals surface area contributed by atoms with Crippen LogP contribution >= 0.6 is 0 Å². The Bertz CT molecular complexity index is 601. The van der Waals surface area contributed by atoms with E-state index in [0.717, 1.165) is 23.5 Å². The lowest BCUT2D eigenvalue weighted by Crippen LogP contribution is -2.14. The lowest BCUT2D eigenvalue weighted by Gasteiger charge is -2.13. The van der Waals surface area contributed by atoms with Gasteiger partial charge in [-0.3, -0.25) is 0 Å². The first-order valence-corrected chi connectivity index (χ1v) is 6.26. The summed E-state index contributed by atoms with van der Waals surface area (Å²) in [6.07, 6.45) is -3.99. The van der Waals surface area contributed by atoms with Gasteiger partial charge < -0.3 is 10.2 Å². The molecule has 1 atom stereocenters. The van der Waals surface area contributed by atoms with Gasteiger partial charge in [-0.1, -0.05) is 18.2 Å². The Kier molecular flexibility index (Phi) is 3.90. The van der Waals surface area contributed by atoms with Crippen molar-refractivity contribution in [2.45, 2.75) is 32.5 Å². The van der Waals surface area contributed by atoms with E-state index in [-0.39, 0.29) is 6.04 Å². The first-order chi connectivity index (χ1) is 9.27. The molecule has 0 fully saturated rings. The van der Waals surface area contributed by atoms with Gasteiger partial charge in [-0.25, -0.2) is 0 Å². The molecule has 2 rings (SSSR count). The van der Waals surface area contributed by atoms with Gasteiger partial charge in [-0.05, 0) is 38.0 Å². The topological polar surface area (TPSA) is 39.2 Å². The standard InChI is InChI=1S/C15H16F3NO/c1-9-6-13(10(2)20-9)14(19)8-11-4-3-5-12(7-11)15(16,17)18/h3-7,14H,8,19H2,1-2H3. The summed E-state index contributed by atoms with van der Waals surface area (Å²) in [5, 5.41) is 0. The number of alkyl halides is 3. The van der Waals surface area contributed by atoms with Crippen LogP contribution in [0.3, 0.4) is 0 Å². The molecule has 108 valence electrons. The number of nitrogens with two attached hydrogens (primary N) is 1. The maximum Gasteiger partial charge on any atom is 0.416 e. The lowest BCUT2D eigenvalue weighted by molar-refractivity contribution is -0.137. The van der Waals surface area contributed by atoms with Crippen molar-refractivity contribution < 1.29 is 17.6 Å². The van der Waals surface area contributed by atoms with Crippen molar-refractivity contribution in [2.75, 3.05) is 0 Å². The predicted molar refractivity (Wildman–Crippen MR) is 70.3 cm³/mol. The first kappa shape index (κ1) is 14.7. The number of halogens is 3. The SMILES string of the molecule is Cc1cc(C(N)Cc2cccc(C(F)(F)F)c2)c(C)o1. The summed E-state index contributed by atoms with van der Waals surface area (Å²) in [6.45, 7) is 3.61. The average Bonchev–Trinajstić information content (AvgIpc) is 2.68. The van der Waals surface area contributed by atoms with Crippen molar-refractivity contribution in [3.63, 3.8) is 0 Å². The summed E-state index contributed by atoms with van der Waals surface area (Å²) >= 11 is 0. The Morgan fingerprint density at radius 2 is 1.90 bits per heavy atom. The highest BCUT2D eigenvalue weighted by Crippen LogP contribution is 2.30. The summed E-state index contributed by atoms with van der Waals surface area (Å²) in [4.78, 5) is 0. The van der Waals surface area contributed by atoms with Crippen LogP contribution in [0.5, 0.6) is 0 Å². The van der Waals surface area contributed by atoms with Crippen LogP contribution in [-0.2, 0) is 12.6 Å². The molecule has 0 radical (unpaired) electrons. The zero-order valence-electron chi connectivity index (χ0n) is 11.3. The predicted octanol–water partition coefficient (Wildman–Crippen LogP) is 4.16. The lowest BCUT2D eigenvalue weighted by atomic mass is 9.98. The summed E-state index contributed by atoms with van der Waals surface area (Å²) in [5.41, 5.74) is 6.80. The number of rotatable bonds is 3. The Labute approximate surface area is 115 Å². The van der Waals surface area contributed by atoms with Gasteiger partial charge in [0.2, 0.25) is 0 Å². The van der Waals surface area contributed by atoms with Crippen molar-refractivity contribution >= 4 is 0 Å². The molecule has 5 heteroatoms. The molecule has 0 saturated carbocycles. The van der Waals surface area contributed by atoms with E-state index < -0.39 is 11.7 Å². The second-order valence-electron chi connectivity index (χ2n) is 4.88. The van der Waals surface area contributed by atoms with Crippen molar-refractivity contribution in [2.24, 2.45) is 5.73 Å². The van der Waals surface area contributed by atoms with Crippen LogP contribution in [0.15, 0.2) is 34.7 Å². The van der Waals surface area contributed by atoms with E-state index in [0.29, 0.717) is 17.7 Å². The number of furan rings is 1. The van der Waals surface area contributed by atoms with Gasteiger partial charge in [0.1, 0.15) is 11.5 Å². The second-order valence-corrected chi connectivity index (χ2v) is 4.88. The summed E-state index contributed by atoms with van der Waals surface area (Å²) < 4.78 is 43.3. The van der Waals surface area contributed by atoms with Gasteiger partial charge in [0.05, 0.1) is 5.56 Å². The quantitative estimate of drug-likeness (QED) is 0.918. The number of aryl methyl sites for hydroxylation is 2. The highest BCUT2D eigenvalue weighted by Gasteiger charge is 2.30. The zero-order chi connectivity index (χ0) is 14.9. The molecule has 2 nitrogen and oxygen atoms in total. The minimum Gasteiger partial charge on any atom is -0.466 e. The fourth-order valence-electron chi connectivity index (χ4n) is 2.26. The minimum absolute atomic E-state index is 0.337. The number of hydrogen-bond acceptors (Lipinski definition) is 2. The van der Waals surface area contributed by atoms with Gasteiger partial charge in [0.15, 0.2) is 0 Å². The summed E-state index contributed by atoms with van der Waals surface area (Å²) in [7, 11) is 0. The number of hydrogen-bond donors (Lipinski definition) is 1. The fourth-order valence-corrected chi connectivity index (χ4v) is 2.26. The second kappa shape index (κ2) is 5.32. The molecule has 0 aliphatic carbocycles. The maximum atomic E-state index is 12.6. The molecule has 1 unspecified atom stereocenters. The molecule has 0 aliphatic heterocycles. The monoisotopic (exact) mass is 283 g/mol. The van der Waals surface area contributed by atoms with Crippen molar-refractivity contribution in [1.82, 2.24) is 0 Å². The van der Waals surface area contributed by atoms with Gasteiger partial charge in [-0.15, -0.1) is 0 Å². The van der Waals surface area contributed by atoms with Gasteiger partial charge in [-0.2, -0.15) is 13.2 Å². The normalized spacial score (nSPS) is 13.5. The van der Waals surface area contributed by atoms with Gasteiger partial charge in [0.25, 0.3) is 0 Å². The third kappa shape index (κ3) is 3.22. The van der Waals surface area contributed by atoms with Crippen LogP contribution in [0.2, 0.25) is 0 Å². The van der Waals surface area contributed by atoms with E-state index in [1.165, 1.54) is 6.07 Å². The molecule has 0 bridgehead atoms. The molecule has 0 aliphatic rings. The highest BCUT2D eigenvalue weighted by atomic mass is 19.4. The average molecular weight is 283 g/mol. The van der Waals surface area contributed by atoms with Crippen LogP contribution in [0.4, 0.5) is 13.2 Å². The summed E-state index contributed by atoms with van der Waals surface area (Å²) in [5.74, 6) is 1.46. The Morgan fingerprint density at radius 3 is 2.45 bits per heavy atom. The van der Waals surface area contributed by atoms with Crippen molar-refractivity contribution in [3.05, 3.63) is 58.5 Å². The van der Waals surface area contributed by atoms with Crippen LogP contribution < -0.4 is 5.73 Å². The Morgan fingerprint density at radius 1 is 1.20 bits per heavy atom. The van der Waals surface area contributed by atoms with E-state index in [2.05, 4.69) is 0 Å². The van der Waals surface area contributed by atoms with E-state index >= 15 is 0 Å². The Hall–Kier alpha value is -1.75. The minimum atomic E-state index is -4.33. The summed E-state index contributed by atoms with van der Waals surface area (Å²) in [6, 6.07) is 6.70. The molecule has 0 amide bonds. The fraction of sp³-hybridized carbons (Fsp3) is 0.333. The largest absolute Gasteiger partial charge is 0.466 e. The molecule has 0 saturated heterocycles. The third-order valence-corrected chi connectivity index (χ3v) is 3.19. The third-order valence-electron chi connectivity index (χ3n) is 3.19. The Balaban J connectivity index is 2.20. The molecule has 2 aromatic rings.